The molecule has 0 aliphatic carbocycles. The minimum absolute atomic E-state index is 0.0246. The van der Waals surface area contributed by atoms with E-state index < -0.39 is 6.04 Å². The van der Waals surface area contributed by atoms with E-state index >= 15 is 0 Å². The first-order valence-corrected chi connectivity index (χ1v) is 8.96. The van der Waals surface area contributed by atoms with Gasteiger partial charge in [0.05, 0.1) is 12.6 Å². The quantitative estimate of drug-likeness (QED) is 0.681. The number of nitrogens with one attached hydrogen (secondary N) is 2. The summed E-state index contributed by atoms with van der Waals surface area (Å²) in [5, 5.41) is 11.1. The summed E-state index contributed by atoms with van der Waals surface area (Å²) in [5.74, 6) is 0.0278. The molecule has 0 radical (unpaired) electrons. The summed E-state index contributed by atoms with van der Waals surface area (Å²) >= 11 is 11.8. The molecule has 27 heavy (non-hydrogen) atoms. The van der Waals surface area contributed by atoms with Gasteiger partial charge in [0.15, 0.2) is 0 Å². The van der Waals surface area contributed by atoms with Gasteiger partial charge in [0, 0.05) is 21.3 Å². The number of rotatable bonds is 4. The van der Waals surface area contributed by atoms with Crippen LogP contribution in [-0.2, 0) is 9.59 Å². The Morgan fingerprint density at radius 3 is 2.37 bits per heavy atom. The summed E-state index contributed by atoms with van der Waals surface area (Å²) in [4.78, 5) is 24.7. The van der Waals surface area contributed by atoms with E-state index in [9.17, 15) is 9.59 Å². The largest absolute Gasteiger partial charge is 0.326 e. The maximum absolute atomic E-state index is 12.4. The summed E-state index contributed by atoms with van der Waals surface area (Å²) in [6.45, 7) is 0. The molecule has 1 aliphatic rings. The third kappa shape index (κ3) is 3.54. The molecule has 1 aliphatic heterocycles. The van der Waals surface area contributed by atoms with Gasteiger partial charge >= 0.3 is 0 Å². The van der Waals surface area contributed by atoms with Gasteiger partial charge in [-0.2, -0.15) is 5.10 Å². The smallest absolute Gasteiger partial charge is 0.251 e. The van der Waals surface area contributed by atoms with Gasteiger partial charge in [0.25, 0.3) is 5.91 Å². The maximum atomic E-state index is 12.4. The number of benzene rings is 2. The molecule has 2 N–H and O–H groups in total. The Balaban J connectivity index is 1.52. The van der Waals surface area contributed by atoms with E-state index in [1.807, 2.05) is 12.1 Å². The van der Waals surface area contributed by atoms with E-state index in [0.717, 1.165) is 11.1 Å². The average Bonchev–Trinajstić information content (AvgIpc) is 3.18. The Morgan fingerprint density at radius 2 is 1.70 bits per heavy atom. The van der Waals surface area contributed by atoms with Gasteiger partial charge in [-0.25, -0.2) is 4.68 Å². The molecule has 6 nitrogen and oxygen atoms in total. The van der Waals surface area contributed by atoms with Gasteiger partial charge in [-0.3, -0.25) is 9.59 Å². The SMILES string of the molecule is O=C(CC1C(=O)Nc2c(-c3ccc(Cl)cc3)cnn21)Nc1ccc(Cl)cc1. The van der Waals surface area contributed by atoms with E-state index in [1.54, 1.807) is 47.3 Å². The second-order valence-corrected chi connectivity index (χ2v) is 7.00. The van der Waals surface area contributed by atoms with Crippen molar-refractivity contribution in [1.82, 2.24) is 9.78 Å². The number of anilines is 2. The summed E-state index contributed by atoms with van der Waals surface area (Å²) in [5.41, 5.74) is 2.28. The van der Waals surface area contributed by atoms with E-state index in [4.69, 9.17) is 23.2 Å². The summed E-state index contributed by atoms with van der Waals surface area (Å²) in [6, 6.07) is 13.3. The van der Waals surface area contributed by atoms with Crippen molar-refractivity contribution < 1.29 is 9.59 Å². The molecule has 0 spiro atoms. The molecule has 3 aromatic rings. The highest BCUT2D eigenvalue weighted by Crippen LogP contribution is 2.36. The molecule has 8 heteroatoms. The van der Waals surface area contributed by atoms with E-state index in [-0.39, 0.29) is 18.2 Å². The van der Waals surface area contributed by atoms with Crippen LogP contribution in [0.2, 0.25) is 10.0 Å². The van der Waals surface area contributed by atoms with E-state index in [0.29, 0.717) is 21.6 Å². The molecule has 2 heterocycles. The molecule has 2 aromatic carbocycles. The number of halogens is 2. The molecular formula is C19H14Cl2N4O2. The second kappa shape index (κ2) is 7.06. The molecule has 0 saturated carbocycles. The number of fused-ring (bicyclic) bond motifs is 1. The summed E-state index contributed by atoms with van der Waals surface area (Å²) in [6.07, 6.45) is 1.64. The molecule has 136 valence electrons. The number of amides is 2. The fourth-order valence-corrected chi connectivity index (χ4v) is 3.23. The van der Waals surface area contributed by atoms with Crippen molar-refractivity contribution in [2.24, 2.45) is 0 Å². The van der Waals surface area contributed by atoms with Gasteiger partial charge in [-0.15, -0.1) is 0 Å². The molecule has 4 rings (SSSR count). The first kappa shape index (κ1) is 17.6. The van der Waals surface area contributed by atoms with E-state index in [2.05, 4.69) is 15.7 Å². The normalized spacial score (nSPS) is 15.3. The van der Waals surface area contributed by atoms with Crippen LogP contribution in [0.4, 0.5) is 11.5 Å². The number of hydrogen-bond donors (Lipinski definition) is 2. The van der Waals surface area contributed by atoms with Gasteiger partial charge in [-0.1, -0.05) is 35.3 Å². The third-order valence-corrected chi connectivity index (χ3v) is 4.80. The Morgan fingerprint density at radius 1 is 1.07 bits per heavy atom. The zero-order chi connectivity index (χ0) is 19.0. The fourth-order valence-electron chi connectivity index (χ4n) is 2.97. The molecule has 0 fully saturated rings. The lowest BCUT2D eigenvalue weighted by molar-refractivity contribution is -0.123. The highest BCUT2D eigenvalue weighted by Gasteiger charge is 2.35. The molecular weight excluding hydrogens is 387 g/mol. The van der Waals surface area contributed by atoms with Crippen molar-refractivity contribution in [3.63, 3.8) is 0 Å². The Kier molecular flexibility index (Phi) is 4.59. The number of carbonyl (C=O) groups is 2. The molecule has 0 bridgehead atoms. The lowest BCUT2D eigenvalue weighted by atomic mass is 10.1. The van der Waals surface area contributed by atoms with Gasteiger partial charge in [0.1, 0.15) is 11.9 Å². The lowest BCUT2D eigenvalue weighted by Gasteiger charge is -2.10. The second-order valence-electron chi connectivity index (χ2n) is 6.12. The highest BCUT2D eigenvalue weighted by atomic mass is 35.5. The van der Waals surface area contributed by atoms with Crippen LogP contribution in [0.15, 0.2) is 54.7 Å². The number of carbonyl (C=O) groups excluding carboxylic acids is 2. The molecule has 1 aromatic heterocycles. The van der Waals surface area contributed by atoms with Crippen molar-refractivity contribution in [3.8, 4) is 11.1 Å². The Bertz CT molecular complexity index is 1010. The molecule has 0 saturated heterocycles. The van der Waals surface area contributed by atoms with Crippen LogP contribution in [0.5, 0.6) is 0 Å². The van der Waals surface area contributed by atoms with Crippen LogP contribution in [0, 0.1) is 0 Å². The van der Waals surface area contributed by atoms with E-state index in [1.165, 1.54) is 0 Å². The van der Waals surface area contributed by atoms with Crippen molar-refractivity contribution >= 4 is 46.5 Å². The maximum Gasteiger partial charge on any atom is 0.251 e. The van der Waals surface area contributed by atoms with Crippen molar-refractivity contribution in [1.29, 1.82) is 0 Å². The molecule has 1 atom stereocenters. The van der Waals surface area contributed by atoms with Crippen molar-refractivity contribution in [2.45, 2.75) is 12.5 Å². The van der Waals surface area contributed by atoms with Crippen LogP contribution >= 0.6 is 23.2 Å². The van der Waals surface area contributed by atoms with Crippen LogP contribution in [0.3, 0.4) is 0 Å². The zero-order valence-electron chi connectivity index (χ0n) is 13.9. The topological polar surface area (TPSA) is 76.0 Å². The first-order chi connectivity index (χ1) is 13.0. The number of hydrogen-bond acceptors (Lipinski definition) is 3. The Labute approximate surface area is 165 Å². The van der Waals surface area contributed by atoms with Gasteiger partial charge in [0.2, 0.25) is 5.91 Å². The third-order valence-electron chi connectivity index (χ3n) is 4.30. The van der Waals surface area contributed by atoms with Gasteiger partial charge in [-0.05, 0) is 42.0 Å². The predicted octanol–water partition coefficient (Wildman–Crippen LogP) is 4.38. The van der Waals surface area contributed by atoms with Crippen LogP contribution < -0.4 is 10.6 Å². The van der Waals surface area contributed by atoms with Crippen molar-refractivity contribution in [2.75, 3.05) is 10.6 Å². The minimum Gasteiger partial charge on any atom is -0.326 e. The van der Waals surface area contributed by atoms with Crippen molar-refractivity contribution in [3.05, 3.63) is 64.8 Å². The number of aromatic nitrogens is 2. The zero-order valence-corrected chi connectivity index (χ0v) is 15.5. The number of nitrogens with zero attached hydrogens (tertiary/aromatic N) is 2. The molecule has 2 amide bonds. The lowest BCUT2D eigenvalue weighted by Crippen LogP contribution is -2.23. The standard InChI is InChI=1S/C19H14Cl2N4O2/c20-12-3-1-11(2-4-12)15-10-22-25-16(19(27)24-18(15)25)9-17(26)23-14-7-5-13(21)6-8-14/h1-8,10,16H,9H2,(H,23,26)(H,24,27). The first-order valence-electron chi connectivity index (χ1n) is 8.21. The average molecular weight is 401 g/mol. The van der Waals surface area contributed by atoms with Crippen LogP contribution in [0.25, 0.3) is 11.1 Å². The van der Waals surface area contributed by atoms with Gasteiger partial charge < -0.3 is 10.6 Å². The van der Waals surface area contributed by atoms with Crippen LogP contribution in [-0.4, -0.2) is 21.6 Å². The summed E-state index contributed by atoms with van der Waals surface area (Å²) in [7, 11) is 0. The highest BCUT2D eigenvalue weighted by molar-refractivity contribution is 6.31. The fraction of sp³-hybridized carbons (Fsp3) is 0.105. The minimum atomic E-state index is -0.701. The van der Waals surface area contributed by atoms with Crippen LogP contribution in [0.1, 0.15) is 12.5 Å². The predicted molar refractivity (Wildman–Crippen MR) is 105 cm³/mol. The summed E-state index contributed by atoms with van der Waals surface area (Å²) < 4.78 is 1.55. The monoisotopic (exact) mass is 400 g/mol. The molecule has 1 unspecified atom stereocenters. The Hall–Kier alpha value is -2.83.